The van der Waals surface area contributed by atoms with Crippen LogP contribution >= 0.6 is 0 Å². The third kappa shape index (κ3) is 2.21. The minimum Gasteiger partial charge on any atom is -0.276 e. The Morgan fingerprint density at radius 3 is 2.23 bits per heavy atom. The van der Waals surface area contributed by atoms with Crippen LogP contribution in [0.5, 0.6) is 0 Å². The quantitative estimate of drug-likeness (QED) is 0.229. The van der Waals surface area contributed by atoms with Crippen LogP contribution in [0, 0.1) is 0 Å². The number of imidazole rings is 1. The summed E-state index contributed by atoms with van der Waals surface area (Å²) in [6.07, 6.45) is 3.87. The fourth-order valence-electron chi connectivity index (χ4n) is 6.49. The molecule has 3 heterocycles. The minimum atomic E-state index is 0.964. The number of nitrogens with zero attached hydrogens (tertiary/aromatic N) is 3. The Morgan fingerprint density at radius 2 is 1.29 bits per heavy atom. The van der Waals surface area contributed by atoms with Crippen molar-refractivity contribution in [3.63, 3.8) is 0 Å². The summed E-state index contributed by atoms with van der Waals surface area (Å²) in [6.45, 7) is 0. The third-order valence-electron chi connectivity index (χ3n) is 8.02. The van der Waals surface area contributed by atoms with Gasteiger partial charge in [-0.25, -0.2) is 9.97 Å². The number of benzene rings is 4. The summed E-state index contributed by atoms with van der Waals surface area (Å²) >= 11 is 0. The third-order valence-corrected chi connectivity index (χ3v) is 8.02. The van der Waals surface area contributed by atoms with Gasteiger partial charge < -0.3 is 0 Å². The van der Waals surface area contributed by atoms with Crippen molar-refractivity contribution in [1.29, 1.82) is 0 Å². The lowest BCUT2D eigenvalue weighted by molar-refractivity contribution is 1.23. The molecule has 3 heteroatoms. The topological polar surface area (TPSA) is 30.2 Å². The average molecular weight is 446 g/mol. The van der Waals surface area contributed by atoms with Gasteiger partial charge in [0.05, 0.1) is 11.0 Å². The predicted molar refractivity (Wildman–Crippen MR) is 142 cm³/mol. The molecule has 162 valence electrons. The van der Waals surface area contributed by atoms with Crippen molar-refractivity contribution in [1.82, 2.24) is 14.4 Å². The monoisotopic (exact) mass is 445 g/mol. The number of para-hydroxylation sites is 2. The van der Waals surface area contributed by atoms with Crippen LogP contribution < -0.4 is 0 Å². The van der Waals surface area contributed by atoms with E-state index in [1.54, 1.807) is 0 Å². The van der Waals surface area contributed by atoms with Crippen molar-refractivity contribution in [2.75, 3.05) is 0 Å². The van der Waals surface area contributed by atoms with Crippen LogP contribution in [0.4, 0.5) is 0 Å². The molecule has 2 aliphatic carbocycles. The highest BCUT2D eigenvalue weighted by Crippen LogP contribution is 2.46. The van der Waals surface area contributed by atoms with E-state index in [0.29, 0.717) is 0 Å². The van der Waals surface area contributed by atoms with E-state index in [4.69, 9.17) is 9.97 Å². The number of hydrogen-bond acceptors (Lipinski definition) is 2. The number of aromatic nitrogens is 3. The summed E-state index contributed by atoms with van der Waals surface area (Å²) in [5.74, 6) is 0. The molecule has 3 aromatic heterocycles. The van der Waals surface area contributed by atoms with Gasteiger partial charge in [0.15, 0.2) is 0 Å². The highest BCUT2D eigenvalue weighted by Gasteiger charge is 2.26. The van der Waals surface area contributed by atoms with Crippen molar-refractivity contribution in [3.8, 4) is 22.3 Å². The highest BCUT2D eigenvalue weighted by atomic mass is 15.1. The maximum Gasteiger partial charge on any atom is 0.147 e. The molecule has 0 spiro atoms. The molecule has 0 saturated carbocycles. The van der Waals surface area contributed by atoms with Crippen molar-refractivity contribution in [2.24, 2.45) is 0 Å². The van der Waals surface area contributed by atoms with E-state index in [-0.39, 0.29) is 0 Å². The molecular weight excluding hydrogens is 426 g/mol. The Morgan fingerprint density at radius 1 is 0.543 bits per heavy atom. The van der Waals surface area contributed by atoms with Gasteiger partial charge in [-0.2, -0.15) is 0 Å². The number of hydrogen-bond donors (Lipinski definition) is 0. The Bertz CT molecular complexity index is 2060. The zero-order valence-electron chi connectivity index (χ0n) is 18.9. The molecule has 0 aliphatic heterocycles. The first kappa shape index (κ1) is 17.9. The summed E-state index contributed by atoms with van der Waals surface area (Å²) in [4.78, 5) is 9.88. The molecule has 0 bridgehead atoms. The van der Waals surface area contributed by atoms with Crippen molar-refractivity contribution in [3.05, 3.63) is 113 Å². The molecule has 7 aromatic rings. The molecule has 0 radical (unpaired) electrons. The molecule has 2 aliphatic rings. The molecule has 0 fully saturated rings. The fraction of sp³-hybridized carbons (Fsp3) is 0.0625. The molecule has 0 amide bonds. The summed E-state index contributed by atoms with van der Waals surface area (Å²) in [7, 11) is 0. The molecule has 35 heavy (non-hydrogen) atoms. The first-order valence-corrected chi connectivity index (χ1v) is 12.2. The van der Waals surface area contributed by atoms with Crippen molar-refractivity contribution >= 4 is 38.5 Å². The summed E-state index contributed by atoms with van der Waals surface area (Å²) in [5, 5.41) is 3.60. The van der Waals surface area contributed by atoms with Gasteiger partial charge in [-0.05, 0) is 111 Å². The summed E-state index contributed by atoms with van der Waals surface area (Å²) in [6, 6.07) is 31.1. The van der Waals surface area contributed by atoms with Crippen LogP contribution in [0.15, 0.2) is 91.1 Å². The first-order valence-electron chi connectivity index (χ1n) is 12.2. The van der Waals surface area contributed by atoms with Crippen LogP contribution in [0.25, 0.3) is 60.7 Å². The molecule has 0 atom stereocenters. The smallest absolute Gasteiger partial charge is 0.147 e. The SMILES string of the molecule is c1ccc2c(c1)Cc1cc3c(cc1-2)Cc1cc2c(cc1-3)c1cccnc1n1c3ccccc3nc21. The van der Waals surface area contributed by atoms with Crippen LogP contribution in [0.3, 0.4) is 0 Å². The van der Waals surface area contributed by atoms with Gasteiger partial charge in [0.25, 0.3) is 0 Å². The molecule has 3 nitrogen and oxygen atoms in total. The van der Waals surface area contributed by atoms with E-state index in [1.165, 1.54) is 60.7 Å². The molecule has 0 unspecified atom stereocenters. The maximum atomic E-state index is 5.07. The van der Waals surface area contributed by atoms with E-state index in [2.05, 4.69) is 83.3 Å². The predicted octanol–water partition coefficient (Wildman–Crippen LogP) is 7.33. The first-order chi connectivity index (χ1) is 17.3. The molecule has 0 N–H and O–H groups in total. The lowest BCUT2D eigenvalue weighted by Crippen LogP contribution is -1.95. The van der Waals surface area contributed by atoms with Crippen molar-refractivity contribution < 1.29 is 0 Å². The van der Waals surface area contributed by atoms with Gasteiger partial charge in [0.1, 0.15) is 11.3 Å². The Hall–Kier alpha value is -4.50. The number of rotatable bonds is 0. The maximum absolute atomic E-state index is 5.07. The zero-order valence-corrected chi connectivity index (χ0v) is 18.9. The summed E-state index contributed by atoms with van der Waals surface area (Å²) in [5.41, 5.74) is 15.3. The van der Waals surface area contributed by atoms with Crippen LogP contribution in [-0.4, -0.2) is 14.4 Å². The minimum absolute atomic E-state index is 0.964. The van der Waals surface area contributed by atoms with Crippen LogP contribution in [0.1, 0.15) is 22.3 Å². The van der Waals surface area contributed by atoms with Crippen LogP contribution in [-0.2, 0) is 12.8 Å². The standard InChI is InChI=1S/C32H19N3/c1-2-7-22-18(6-1)12-19-15-25-20(14-24(19)22)13-21-16-28-27(17-26(21)25)23-8-5-11-33-31(23)35-30-10-4-3-9-29(30)34-32(28)35/h1-11,14-17H,12-13H2. The molecule has 0 saturated heterocycles. The van der Waals surface area contributed by atoms with E-state index in [9.17, 15) is 0 Å². The van der Waals surface area contributed by atoms with Crippen molar-refractivity contribution in [2.45, 2.75) is 12.8 Å². The van der Waals surface area contributed by atoms with Gasteiger partial charge in [-0.3, -0.25) is 4.40 Å². The fourth-order valence-corrected chi connectivity index (χ4v) is 6.49. The highest BCUT2D eigenvalue weighted by molar-refractivity contribution is 6.14. The van der Waals surface area contributed by atoms with Gasteiger partial charge in [0.2, 0.25) is 0 Å². The average Bonchev–Trinajstić information content (AvgIpc) is 3.57. The van der Waals surface area contributed by atoms with E-state index in [1.807, 2.05) is 12.3 Å². The molecule has 9 rings (SSSR count). The zero-order chi connectivity index (χ0) is 22.7. The normalized spacial score (nSPS) is 13.5. The van der Waals surface area contributed by atoms with E-state index < -0.39 is 0 Å². The largest absolute Gasteiger partial charge is 0.276 e. The van der Waals surface area contributed by atoms with E-state index in [0.717, 1.165) is 35.2 Å². The van der Waals surface area contributed by atoms with Gasteiger partial charge in [0, 0.05) is 17.0 Å². The Labute approximate surface area is 201 Å². The summed E-state index contributed by atoms with van der Waals surface area (Å²) < 4.78 is 2.23. The lowest BCUT2D eigenvalue weighted by Gasteiger charge is -2.11. The van der Waals surface area contributed by atoms with E-state index >= 15 is 0 Å². The van der Waals surface area contributed by atoms with Gasteiger partial charge in [-0.1, -0.05) is 36.4 Å². The molecule has 4 aromatic carbocycles. The van der Waals surface area contributed by atoms with Gasteiger partial charge >= 0.3 is 0 Å². The second kappa shape index (κ2) is 6.13. The number of pyridine rings is 2. The molecular formula is C32H19N3. The Balaban J connectivity index is 1.37. The second-order valence-electron chi connectivity index (χ2n) is 9.87. The van der Waals surface area contributed by atoms with Crippen LogP contribution in [0.2, 0.25) is 0 Å². The second-order valence-corrected chi connectivity index (χ2v) is 9.87. The van der Waals surface area contributed by atoms with Gasteiger partial charge in [-0.15, -0.1) is 0 Å². The number of fused-ring (bicyclic) bond motifs is 14. The Kier molecular flexibility index (Phi) is 3.14. The lowest BCUT2D eigenvalue weighted by atomic mass is 9.96.